The molecule has 0 aliphatic carbocycles. The number of rotatable bonds is 6. The third kappa shape index (κ3) is 5.25. The van der Waals surface area contributed by atoms with Crippen molar-refractivity contribution < 1.29 is 9.53 Å². The molecule has 6 nitrogen and oxygen atoms in total. The van der Waals surface area contributed by atoms with E-state index in [-0.39, 0.29) is 17.9 Å². The Labute approximate surface area is 173 Å². The van der Waals surface area contributed by atoms with Gasteiger partial charge in [0.15, 0.2) is 0 Å². The second kappa shape index (κ2) is 9.25. The summed E-state index contributed by atoms with van der Waals surface area (Å²) in [5.41, 5.74) is 4.14. The van der Waals surface area contributed by atoms with Crippen LogP contribution < -0.4 is 15.0 Å². The fourth-order valence-corrected chi connectivity index (χ4v) is 3.89. The number of anilines is 1. The Bertz CT molecular complexity index is 840. The van der Waals surface area contributed by atoms with Gasteiger partial charge < -0.3 is 15.0 Å². The molecule has 0 spiro atoms. The molecule has 29 heavy (non-hydrogen) atoms. The smallest absolute Gasteiger partial charge is 0.225 e. The average Bonchev–Trinajstić information content (AvgIpc) is 2.68. The van der Waals surface area contributed by atoms with Crippen LogP contribution in [0.5, 0.6) is 5.75 Å². The van der Waals surface area contributed by atoms with Crippen LogP contribution in [0, 0.1) is 26.7 Å². The first-order chi connectivity index (χ1) is 13.9. The third-order valence-corrected chi connectivity index (χ3v) is 5.41. The van der Waals surface area contributed by atoms with E-state index in [9.17, 15) is 4.79 Å². The van der Waals surface area contributed by atoms with Crippen LogP contribution >= 0.6 is 0 Å². The van der Waals surface area contributed by atoms with Gasteiger partial charge in [-0.05, 0) is 59.6 Å². The zero-order valence-corrected chi connectivity index (χ0v) is 18.2. The van der Waals surface area contributed by atoms with E-state index < -0.39 is 0 Å². The van der Waals surface area contributed by atoms with Crippen LogP contribution in [0.2, 0.25) is 0 Å². The fourth-order valence-electron chi connectivity index (χ4n) is 3.89. The maximum Gasteiger partial charge on any atom is 0.225 e. The fraction of sp³-hybridized carbons (Fsp3) is 0.522. The molecule has 1 fully saturated rings. The highest BCUT2D eigenvalue weighted by Crippen LogP contribution is 2.28. The standard InChI is InChI=1S/C23H32N4O2/c1-6-29-21-8-7-15(2)13-20(21)18(5)26-22(28)19-9-11-27(12-10-19)23-24-16(3)14-17(4)25-23/h7-8,13-14,18-19H,6,9-12H2,1-5H3,(H,26,28). The average molecular weight is 397 g/mol. The Morgan fingerprint density at radius 3 is 2.45 bits per heavy atom. The summed E-state index contributed by atoms with van der Waals surface area (Å²) in [6.07, 6.45) is 1.61. The summed E-state index contributed by atoms with van der Waals surface area (Å²) in [4.78, 5) is 24.2. The lowest BCUT2D eigenvalue weighted by Gasteiger charge is -2.32. The van der Waals surface area contributed by atoms with Gasteiger partial charge in [0, 0.05) is 36.0 Å². The minimum absolute atomic E-state index is 0.0139. The largest absolute Gasteiger partial charge is 0.494 e. The summed E-state index contributed by atoms with van der Waals surface area (Å²) in [6, 6.07) is 8.00. The molecular weight excluding hydrogens is 364 g/mol. The van der Waals surface area contributed by atoms with Crippen molar-refractivity contribution in [2.75, 3.05) is 24.6 Å². The molecular formula is C23H32N4O2. The quantitative estimate of drug-likeness (QED) is 0.802. The Hall–Kier alpha value is -2.63. The monoisotopic (exact) mass is 396 g/mol. The second-order valence-electron chi connectivity index (χ2n) is 7.92. The number of carbonyl (C=O) groups excluding carboxylic acids is 1. The van der Waals surface area contributed by atoms with E-state index in [1.165, 1.54) is 0 Å². The van der Waals surface area contributed by atoms with Crippen molar-refractivity contribution in [2.24, 2.45) is 5.92 Å². The molecule has 0 bridgehead atoms. The number of aryl methyl sites for hydroxylation is 3. The molecule has 1 aromatic carbocycles. The van der Waals surface area contributed by atoms with Crippen molar-refractivity contribution in [2.45, 2.75) is 53.5 Å². The molecule has 1 atom stereocenters. The topological polar surface area (TPSA) is 67.3 Å². The summed E-state index contributed by atoms with van der Waals surface area (Å²) in [7, 11) is 0. The van der Waals surface area contributed by atoms with Gasteiger partial charge in [0.1, 0.15) is 5.75 Å². The summed E-state index contributed by atoms with van der Waals surface area (Å²) in [5, 5.41) is 3.20. The van der Waals surface area contributed by atoms with E-state index in [4.69, 9.17) is 4.74 Å². The van der Waals surface area contributed by atoms with Crippen LogP contribution in [-0.2, 0) is 4.79 Å². The van der Waals surface area contributed by atoms with Crippen LogP contribution in [0.3, 0.4) is 0 Å². The Balaban J connectivity index is 1.60. The first kappa shape index (κ1) is 21.1. The number of ether oxygens (including phenoxy) is 1. The van der Waals surface area contributed by atoms with Crippen molar-refractivity contribution in [1.29, 1.82) is 0 Å². The first-order valence-corrected chi connectivity index (χ1v) is 10.5. The predicted octanol–water partition coefficient (Wildman–Crippen LogP) is 3.89. The van der Waals surface area contributed by atoms with Crippen LogP contribution in [0.4, 0.5) is 5.95 Å². The molecule has 1 aromatic heterocycles. The lowest BCUT2D eigenvalue weighted by Crippen LogP contribution is -2.42. The molecule has 2 aromatic rings. The molecule has 0 radical (unpaired) electrons. The zero-order valence-electron chi connectivity index (χ0n) is 18.2. The van der Waals surface area contributed by atoms with Crippen LogP contribution in [0.25, 0.3) is 0 Å². The van der Waals surface area contributed by atoms with Gasteiger partial charge in [0.25, 0.3) is 0 Å². The van der Waals surface area contributed by atoms with Crippen LogP contribution in [0.15, 0.2) is 24.3 Å². The van der Waals surface area contributed by atoms with Crippen LogP contribution in [-0.4, -0.2) is 35.6 Å². The van der Waals surface area contributed by atoms with Gasteiger partial charge in [-0.25, -0.2) is 9.97 Å². The molecule has 1 unspecified atom stereocenters. The molecule has 1 aliphatic heterocycles. The predicted molar refractivity (Wildman–Crippen MR) is 115 cm³/mol. The highest BCUT2D eigenvalue weighted by Gasteiger charge is 2.27. The lowest BCUT2D eigenvalue weighted by molar-refractivity contribution is -0.126. The number of hydrogen-bond donors (Lipinski definition) is 1. The first-order valence-electron chi connectivity index (χ1n) is 10.5. The van der Waals surface area contributed by atoms with E-state index in [0.717, 1.165) is 60.1 Å². The van der Waals surface area contributed by atoms with Gasteiger partial charge in [0.05, 0.1) is 12.6 Å². The maximum atomic E-state index is 12.9. The zero-order chi connectivity index (χ0) is 21.0. The Morgan fingerprint density at radius 2 is 1.83 bits per heavy atom. The molecule has 2 heterocycles. The molecule has 3 rings (SSSR count). The van der Waals surface area contributed by atoms with Crippen LogP contribution in [0.1, 0.15) is 55.2 Å². The van der Waals surface area contributed by atoms with Crippen molar-refractivity contribution in [3.63, 3.8) is 0 Å². The Morgan fingerprint density at radius 1 is 1.17 bits per heavy atom. The molecule has 6 heteroatoms. The highest BCUT2D eigenvalue weighted by molar-refractivity contribution is 5.79. The molecule has 1 aliphatic rings. The van der Waals surface area contributed by atoms with Gasteiger partial charge in [-0.1, -0.05) is 17.7 Å². The maximum absolute atomic E-state index is 12.9. The molecule has 1 saturated heterocycles. The lowest BCUT2D eigenvalue weighted by atomic mass is 9.95. The molecule has 156 valence electrons. The van der Waals surface area contributed by atoms with Gasteiger partial charge >= 0.3 is 0 Å². The molecule has 0 saturated carbocycles. The number of nitrogens with one attached hydrogen (secondary N) is 1. The number of aromatic nitrogens is 2. The summed E-state index contributed by atoms with van der Waals surface area (Å²) >= 11 is 0. The number of nitrogens with zero attached hydrogens (tertiary/aromatic N) is 3. The van der Waals surface area contributed by atoms with Gasteiger partial charge in [-0.2, -0.15) is 0 Å². The number of carbonyl (C=O) groups is 1. The van der Waals surface area contributed by atoms with Gasteiger partial charge in [-0.3, -0.25) is 4.79 Å². The SMILES string of the molecule is CCOc1ccc(C)cc1C(C)NC(=O)C1CCN(c2nc(C)cc(C)n2)CC1. The van der Waals surface area contributed by atoms with E-state index in [1.54, 1.807) is 0 Å². The minimum atomic E-state index is -0.0928. The minimum Gasteiger partial charge on any atom is -0.494 e. The molecule has 1 amide bonds. The number of hydrogen-bond acceptors (Lipinski definition) is 5. The van der Waals surface area contributed by atoms with E-state index in [1.807, 2.05) is 45.9 Å². The van der Waals surface area contributed by atoms with E-state index in [2.05, 4.69) is 33.2 Å². The van der Waals surface area contributed by atoms with Crippen molar-refractivity contribution in [3.05, 3.63) is 46.8 Å². The van der Waals surface area contributed by atoms with Gasteiger partial charge in [0.2, 0.25) is 11.9 Å². The van der Waals surface area contributed by atoms with E-state index >= 15 is 0 Å². The highest BCUT2D eigenvalue weighted by atomic mass is 16.5. The number of piperidine rings is 1. The normalized spacial score (nSPS) is 15.8. The second-order valence-corrected chi connectivity index (χ2v) is 7.92. The number of amides is 1. The Kier molecular flexibility index (Phi) is 6.72. The van der Waals surface area contributed by atoms with Crippen molar-refractivity contribution >= 4 is 11.9 Å². The van der Waals surface area contributed by atoms with Crippen molar-refractivity contribution in [3.8, 4) is 5.75 Å². The van der Waals surface area contributed by atoms with E-state index in [0.29, 0.717) is 6.61 Å². The molecule has 1 N–H and O–H groups in total. The van der Waals surface area contributed by atoms with Crippen molar-refractivity contribution in [1.82, 2.24) is 15.3 Å². The third-order valence-electron chi connectivity index (χ3n) is 5.41. The number of benzene rings is 1. The summed E-state index contributed by atoms with van der Waals surface area (Å²) in [5.74, 6) is 1.74. The van der Waals surface area contributed by atoms with Gasteiger partial charge in [-0.15, -0.1) is 0 Å². The summed E-state index contributed by atoms with van der Waals surface area (Å²) < 4.78 is 5.75. The summed E-state index contributed by atoms with van der Waals surface area (Å²) in [6.45, 7) is 12.2.